The Morgan fingerprint density at radius 1 is 1.35 bits per heavy atom. The molecule has 0 saturated heterocycles. The summed E-state index contributed by atoms with van der Waals surface area (Å²) in [5.74, 6) is -1.47. The van der Waals surface area contributed by atoms with Gasteiger partial charge in [-0.2, -0.15) is 0 Å². The Bertz CT molecular complexity index is 646. The van der Waals surface area contributed by atoms with Gasteiger partial charge in [-0.1, -0.05) is 25.1 Å². The summed E-state index contributed by atoms with van der Waals surface area (Å²) in [4.78, 5) is 22.9. The molecule has 0 radical (unpaired) electrons. The van der Waals surface area contributed by atoms with Gasteiger partial charge in [-0.3, -0.25) is 9.59 Å². The lowest BCUT2D eigenvalue weighted by molar-refractivity contribution is -0.141. The van der Waals surface area contributed by atoms with Crippen molar-refractivity contribution in [3.63, 3.8) is 0 Å². The van der Waals surface area contributed by atoms with E-state index in [1.54, 1.807) is 13.1 Å². The van der Waals surface area contributed by atoms with Crippen molar-refractivity contribution >= 4 is 22.8 Å². The number of carbonyl (C=O) groups is 2. The van der Waals surface area contributed by atoms with E-state index in [1.165, 1.54) is 0 Å². The van der Waals surface area contributed by atoms with E-state index in [0.717, 1.165) is 10.9 Å². The molecule has 1 heterocycles. The van der Waals surface area contributed by atoms with E-state index in [2.05, 4.69) is 5.32 Å². The number of nitrogens with one attached hydrogen (secondary N) is 1. The Kier molecular flexibility index (Phi) is 4.08. The molecule has 1 aromatic carbocycles. The maximum absolute atomic E-state index is 12.2. The average Bonchev–Trinajstić information content (AvgIpc) is 2.76. The second-order valence-corrected chi connectivity index (χ2v) is 4.95. The van der Waals surface area contributed by atoms with Crippen molar-refractivity contribution in [3.8, 4) is 0 Å². The Morgan fingerprint density at radius 2 is 2.05 bits per heavy atom. The van der Waals surface area contributed by atoms with Crippen molar-refractivity contribution in [1.82, 2.24) is 9.88 Å². The van der Waals surface area contributed by atoms with Gasteiger partial charge >= 0.3 is 5.97 Å². The van der Waals surface area contributed by atoms with Crippen molar-refractivity contribution in [2.24, 2.45) is 13.0 Å². The van der Waals surface area contributed by atoms with Crippen molar-refractivity contribution in [2.45, 2.75) is 13.3 Å². The molecule has 0 aliphatic rings. The molecule has 1 unspecified atom stereocenters. The molecule has 20 heavy (non-hydrogen) atoms. The monoisotopic (exact) mass is 274 g/mol. The summed E-state index contributed by atoms with van der Waals surface area (Å²) in [6.07, 6.45) is 2.21. The third-order valence-corrected chi connectivity index (χ3v) is 3.43. The second-order valence-electron chi connectivity index (χ2n) is 4.95. The quantitative estimate of drug-likeness (QED) is 0.876. The molecule has 0 fully saturated rings. The van der Waals surface area contributed by atoms with Crippen LogP contribution in [0.3, 0.4) is 0 Å². The molecule has 0 saturated carbocycles. The molecule has 5 heteroatoms. The third-order valence-electron chi connectivity index (χ3n) is 3.43. The summed E-state index contributed by atoms with van der Waals surface area (Å²) in [6, 6.07) is 7.69. The number of carboxylic acids is 1. The first kappa shape index (κ1) is 14.1. The predicted octanol–water partition coefficient (Wildman–Crippen LogP) is 2.02. The SMILES string of the molecule is CC(CCNC(=O)c1cn(C)c2ccccc12)C(=O)O. The fourth-order valence-electron chi connectivity index (χ4n) is 2.14. The number of rotatable bonds is 5. The van der Waals surface area contributed by atoms with E-state index in [4.69, 9.17) is 5.11 Å². The third kappa shape index (κ3) is 2.82. The van der Waals surface area contributed by atoms with Crippen molar-refractivity contribution in [2.75, 3.05) is 6.54 Å². The highest BCUT2D eigenvalue weighted by Gasteiger charge is 2.15. The smallest absolute Gasteiger partial charge is 0.306 e. The van der Waals surface area contributed by atoms with Gasteiger partial charge in [-0.05, 0) is 12.5 Å². The molecular formula is C15H18N2O3. The predicted molar refractivity (Wildman–Crippen MR) is 76.7 cm³/mol. The molecule has 2 aromatic rings. The summed E-state index contributed by atoms with van der Waals surface area (Å²) in [5.41, 5.74) is 1.61. The molecule has 1 aromatic heterocycles. The molecule has 1 atom stereocenters. The van der Waals surface area contributed by atoms with E-state index in [-0.39, 0.29) is 5.91 Å². The fourth-order valence-corrected chi connectivity index (χ4v) is 2.14. The van der Waals surface area contributed by atoms with Crippen LogP contribution in [0.2, 0.25) is 0 Å². The first-order valence-corrected chi connectivity index (χ1v) is 6.55. The van der Waals surface area contributed by atoms with Crippen molar-refractivity contribution < 1.29 is 14.7 Å². The van der Waals surface area contributed by atoms with E-state index in [0.29, 0.717) is 18.5 Å². The van der Waals surface area contributed by atoms with Crippen LogP contribution in [0.15, 0.2) is 30.5 Å². The molecule has 1 amide bonds. The number of para-hydroxylation sites is 1. The highest BCUT2D eigenvalue weighted by Crippen LogP contribution is 2.20. The zero-order valence-corrected chi connectivity index (χ0v) is 11.6. The number of hydrogen-bond acceptors (Lipinski definition) is 2. The molecule has 5 nitrogen and oxygen atoms in total. The first-order chi connectivity index (χ1) is 9.50. The zero-order valence-electron chi connectivity index (χ0n) is 11.6. The standard InChI is InChI=1S/C15H18N2O3/c1-10(15(19)20)7-8-16-14(18)12-9-17(2)13-6-4-3-5-11(12)13/h3-6,9-10H,7-8H2,1-2H3,(H,16,18)(H,19,20). The topological polar surface area (TPSA) is 71.3 Å². The summed E-state index contributed by atoms with van der Waals surface area (Å²) in [7, 11) is 1.89. The molecule has 0 aliphatic heterocycles. The number of carbonyl (C=O) groups excluding carboxylic acids is 1. The number of benzene rings is 1. The number of hydrogen-bond donors (Lipinski definition) is 2. The van der Waals surface area contributed by atoms with Gasteiger partial charge < -0.3 is 15.0 Å². The van der Waals surface area contributed by atoms with Crippen molar-refractivity contribution in [1.29, 1.82) is 0 Å². The minimum atomic E-state index is -0.843. The summed E-state index contributed by atoms with van der Waals surface area (Å²) in [5, 5.41) is 12.5. The maximum atomic E-state index is 12.2. The van der Waals surface area contributed by atoms with Gasteiger partial charge in [-0.25, -0.2) is 0 Å². The van der Waals surface area contributed by atoms with Gasteiger partial charge in [0.25, 0.3) is 5.91 Å². The van der Waals surface area contributed by atoms with Crippen LogP contribution in [0.25, 0.3) is 10.9 Å². The largest absolute Gasteiger partial charge is 0.481 e. The first-order valence-electron chi connectivity index (χ1n) is 6.55. The number of amides is 1. The maximum Gasteiger partial charge on any atom is 0.306 e. The van der Waals surface area contributed by atoms with Crippen LogP contribution in [0.4, 0.5) is 0 Å². The number of fused-ring (bicyclic) bond motifs is 1. The van der Waals surface area contributed by atoms with Gasteiger partial charge in [0.2, 0.25) is 0 Å². The number of aromatic nitrogens is 1. The zero-order chi connectivity index (χ0) is 14.7. The summed E-state index contributed by atoms with van der Waals surface area (Å²) >= 11 is 0. The van der Waals surface area contributed by atoms with Crippen LogP contribution in [-0.4, -0.2) is 28.1 Å². The van der Waals surface area contributed by atoms with E-state index < -0.39 is 11.9 Å². The Labute approximate surface area is 117 Å². The number of aliphatic carboxylic acids is 1. The van der Waals surface area contributed by atoms with Gasteiger partial charge in [0.15, 0.2) is 0 Å². The lowest BCUT2D eigenvalue weighted by Gasteiger charge is -2.07. The molecule has 0 aliphatic carbocycles. The minimum absolute atomic E-state index is 0.167. The normalized spacial score (nSPS) is 12.3. The number of aryl methyl sites for hydroxylation is 1. The fraction of sp³-hybridized carbons (Fsp3) is 0.333. The van der Waals surface area contributed by atoms with E-state index in [9.17, 15) is 9.59 Å². The van der Waals surface area contributed by atoms with Crippen LogP contribution in [0.1, 0.15) is 23.7 Å². The van der Waals surface area contributed by atoms with Crippen LogP contribution < -0.4 is 5.32 Å². The lowest BCUT2D eigenvalue weighted by atomic mass is 10.1. The molecule has 0 bridgehead atoms. The van der Waals surface area contributed by atoms with Gasteiger partial charge in [0.05, 0.1) is 11.5 Å². The Hall–Kier alpha value is -2.30. The lowest BCUT2D eigenvalue weighted by Crippen LogP contribution is -2.26. The average molecular weight is 274 g/mol. The van der Waals surface area contributed by atoms with Gasteiger partial charge in [-0.15, -0.1) is 0 Å². The second kappa shape index (κ2) is 5.77. The molecule has 0 spiro atoms. The number of carboxylic acid groups (broad SMARTS) is 1. The van der Waals surface area contributed by atoms with Crippen LogP contribution >= 0.6 is 0 Å². The molecule has 106 valence electrons. The minimum Gasteiger partial charge on any atom is -0.481 e. The number of nitrogens with zero attached hydrogens (tertiary/aromatic N) is 1. The summed E-state index contributed by atoms with van der Waals surface area (Å²) in [6.45, 7) is 1.99. The Morgan fingerprint density at radius 3 is 2.75 bits per heavy atom. The van der Waals surface area contributed by atoms with Crippen molar-refractivity contribution in [3.05, 3.63) is 36.0 Å². The van der Waals surface area contributed by atoms with Crippen LogP contribution in [0, 0.1) is 5.92 Å². The van der Waals surface area contributed by atoms with Gasteiger partial charge in [0, 0.05) is 30.7 Å². The van der Waals surface area contributed by atoms with Crippen LogP contribution in [0.5, 0.6) is 0 Å². The highest BCUT2D eigenvalue weighted by atomic mass is 16.4. The highest BCUT2D eigenvalue weighted by molar-refractivity contribution is 6.06. The van der Waals surface area contributed by atoms with E-state index >= 15 is 0 Å². The molecular weight excluding hydrogens is 256 g/mol. The Balaban J connectivity index is 2.07. The molecule has 2 rings (SSSR count). The molecule has 2 N–H and O–H groups in total. The van der Waals surface area contributed by atoms with Gasteiger partial charge in [0.1, 0.15) is 0 Å². The summed E-state index contributed by atoms with van der Waals surface area (Å²) < 4.78 is 1.91. The van der Waals surface area contributed by atoms with E-state index in [1.807, 2.05) is 35.9 Å². The van der Waals surface area contributed by atoms with Crippen LogP contribution in [-0.2, 0) is 11.8 Å².